The number of carbonyl (C=O) groups excluding carboxylic acids is 1. The summed E-state index contributed by atoms with van der Waals surface area (Å²) in [6, 6.07) is 8.94. The van der Waals surface area contributed by atoms with Crippen LogP contribution in [0.25, 0.3) is 0 Å². The Bertz CT molecular complexity index is 408. The van der Waals surface area contributed by atoms with E-state index in [2.05, 4.69) is 5.32 Å². The molecule has 1 aromatic carbocycles. The topological polar surface area (TPSA) is 55.4 Å². The fraction of sp³-hybridized carbons (Fsp3) is 0.500. The SMILES string of the molecule is CCOC(=O)C(NCCS(=O)CC)c1ccccc1. The number of hydrogen-bond donors (Lipinski definition) is 1. The number of esters is 1. The van der Waals surface area contributed by atoms with Gasteiger partial charge in [0.1, 0.15) is 6.04 Å². The van der Waals surface area contributed by atoms with Crippen molar-refractivity contribution in [3.8, 4) is 0 Å². The fourth-order valence-corrected chi connectivity index (χ4v) is 2.30. The lowest BCUT2D eigenvalue weighted by Crippen LogP contribution is -2.33. The first-order chi connectivity index (χ1) is 9.19. The maximum Gasteiger partial charge on any atom is 0.327 e. The Kier molecular flexibility index (Phi) is 7.36. The zero-order chi connectivity index (χ0) is 14.1. The van der Waals surface area contributed by atoms with Gasteiger partial charge in [-0.15, -0.1) is 0 Å². The smallest absolute Gasteiger partial charge is 0.327 e. The molecule has 0 saturated carbocycles. The molecule has 0 spiro atoms. The number of benzene rings is 1. The summed E-state index contributed by atoms with van der Waals surface area (Å²) in [5, 5.41) is 3.12. The Hall–Kier alpha value is -1.20. The number of nitrogens with one attached hydrogen (secondary N) is 1. The monoisotopic (exact) mass is 283 g/mol. The molecule has 4 nitrogen and oxygen atoms in total. The summed E-state index contributed by atoms with van der Waals surface area (Å²) in [6.07, 6.45) is 0. The predicted molar refractivity (Wildman–Crippen MR) is 77.4 cm³/mol. The highest BCUT2D eigenvalue weighted by Crippen LogP contribution is 2.14. The van der Waals surface area contributed by atoms with Crippen LogP contribution in [0.5, 0.6) is 0 Å². The quantitative estimate of drug-likeness (QED) is 0.737. The van der Waals surface area contributed by atoms with E-state index >= 15 is 0 Å². The summed E-state index contributed by atoms with van der Waals surface area (Å²) in [5.41, 5.74) is 0.864. The van der Waals surface area contributed by atoms with Gasteiger partial charge in [-0.05, 0) is 12.5 Å². The molecule has 0 saturated heterocycles. The Morgan fingerprint density at radius 3 is 2.58 bits per heavy atom. The van der Waals surface area contributed by atoms with E-state index in [-0.39, 0.29) is 5.97 Å². The molecular formula is C14H21NO3S. The highest BCUT2D eigenvalue weighted by molar-refractivity contribution is 7.84. The molecule has 2 unspecified atom stereocenters. The average molecular weight is 283 g/mol. The van der Waals surface area contributed by atoms with E-state index in [1.54, 1.807) is 6.92 Å². The van der Waals surface area contributed by atoms with Gasteiger partial charge in [0, 0.05) is 28.9 Å². The fourth-order valence-electron chi connectivity index (χ4n) is 1.67. The third-order valence-corrected chi connectivity index (χ3v) is 3.96. The summed E-state index contributed by atoms with van der Waals surface area (Å²) in [5.74, 6) is 0.882. The van der Waals surface area contributed by atoms with Crippen molar-refractivity contribution in [2.75, 3.05) is 24.7 Å². The van der Waals surface area contributed by atoms with Crippen molar-refractivity contribution in [1.29, 1.82) is 0 Å². The molecule has 0 heterocycles. The van der Waals surface area contributed by atoms with Crippen LogP contribution in [0.4, 0.5) is 0 Å². The predicted octanol–water partition coefficient (Wildman–Crippen LogP) is 1.65. The van der Waals surface area contributed by atoms with Crippen molar-refractivity contribution in [2.45, 2.75) is 19.9 Å². The van der Waals surface area contributed by atoms with Crippen molar-refractivity contribution < 1.29 is 13.7 Å². The Labute approximate surface area is 117 Å². The normalized spacial score (nSPS) is 13.8. The van der Waals surface area contributed by atoms with Crippen LogP contribution in [0, 0.1) is 0 Å². The third-order valence-electron chi connectivity index (χ3n) is 2.66. The van der Waals surface area contributed by atoms with Crippen LogP contribution in [0.15, 0.2) is 30.3 Å². The molecule has 0 radical (unpaired) electrons. The molecule has 0 fully saturated rings. The number of carbonyl (C=O) groups is 1. The van der Waals surface area contributed by atoms with Crippen molar-refractivity contribution in [1.82, 2.24) is 5.32 Å². The Morgan fingerprint density at radius 2 is 2.00 bits per heavy atom. The molecule has 2 atom stereocenters. The average Bonchev–Trinajstić information content (AvgIpc) is 2.44. The van der Waals surface area contributed by atoms with Gasteiger partial charge in [0.25, 0.3) is 0 Å². The molecule has 1 N–H and O–H groups in total. The molecule has 106 valence electrons. The van der Waals surface area contributed by atoms with Crippen molar-refractivity contribution >= 4 is 16.8 Å². The zero-order valence-electron chi connectivity index (χ0n) is 11.4. The second-order valence-corrected chi connectivity index (χ2v) is 5.85. The molecule has 19 heavy (non-hydrogen) atoms. The second-order valence-electron chi connectivity index (χ2n) is 3.98. The first-order valence-corrected chi connectivity index (χ1v) is 7.97. The lowest BCUT2D eigenvalue weighted by atomic mass is 10.1. The molecule has 0 amide bonds. The molecule has 1 rings (SSSR count). The maximum atomic E-state index is 11.9. The van der Waals surface area contributed by atoms with E-state index in [4.69, 9.17) is 4.74 Å². The molecule has 1 aromatic rings. The van der Waals surface area contributed by atoms with Gasteiger partial charge in [0.2, 0.25) is 0 Å². The maximum absolute atomic E-state index is 11.9. The number of rotatable bonds is 8. The van der Waals surface area contributed by atoms with Gasteiger partial charge in [-0.3, -0.25) is 9.53 Å². The van der Waals surface area contributed by atoms with Crippen molar-refractivity contribution in [3.63, 3.8) is 0 Å². The molecule has 0 aliphatic rings. The molecule has 0 bridgehead atoms. The molecule has 0 aliphatic heterocycles. The van der Waals surface area contributed by atoms with E-state index in [1.807, 2.05) is 37.3 Å². The lowest BCUT2D eigenvalue weighted by Gasteiger charge is -2.17. The van der Waals surface area contributed by atoms with Gasteiger partial charge in [-0.2, -0.15) is 0 Å². The Morgan fingerprint density at radius 1 is 1.32 bits per heavy atom. The highest BCUT2D eigenvalue weighted by Gasteiger charge is 2.20. The summed E-state index contributed by atoms with van der Waals surface area (Å²) in [4.78, 5) is 11.9. The standard InChI is InChI=1S/C14H21NO3S/c1-3-18-14(16)13(12-8-6-5-7-9-12)15-10-11-19(17)4-2/h5-9,13,15H,3-4,10-11H2,1-2H3. The number of hydrogen-bond acceptors (Lipinski definition) is 4. The van der Waals surface area contributed by atoms with E-state index in [0.29, 0.717) is 24.7 Å². The van der Waals surface area contributed by atoms with Crippen LogP contribution < -0.4 is 5.32 Å². The minimum atomic E-state index is -0.831. The lowest BCUT2D eigenvalue weighted by molar-refractivity contribution is -0.145. The molecule has 5 heteroatoms. The van der Waals surface area contributed by atoms with Crippen LogP contribution in [0.1, 0.15) is 25.5 Å². The summed E-state index contributed by atoms with van der Waals surface area (Å²) in [7, 11) is -0.831. The summed E-state index contributed by atoms with van der Waals surface area (Å²) >= 11 is 0. The van der Waals surface area contributed by atoms with E-state index in [1.165, 1.54) is 0 Å². The van der Waals surface area contributed by atoms with Crippen LogP contribution in [-0.2, 0) is 20.3 Å². The van der Waals surface area contributed by atoms with Crippen LogP contribution in [0.3, 0.4) is 0 Å². The summed E-state index contributed by atoms with van der Waals surface area (Å²) < 4.78 is 16.4. The molecule has 0 aromatic heterocycles. The van der Waals surface area contributed by atoms with Gasteiger partial charge < -0.3 is 4.74 Å². The van der Waals surface area contributed by atoms with E-state index in [0.717, 1.165) is 5.56 Å². The second kappa shape index (κ2) is 8.82. The van der Waals surface area contributed by atoms with Crippen molar-refractivity contribution in [2.24, 2.45) is 0 Å². The number of ether oxygens (including phenoxy) is 1. The molecule has 0 aliphatic carbocycles. The van der Waals surface area contributed by atoms with Gasteiger partial charge in [-0.25, -0.2) is 4.79 Å². The molecular weight excluding hydrogens is 262 g/mol. The summed E-state index contributed by atoms with van der Waals surface area (Å²) in [6.45, 7) is 4.55. The van der Waals surface area contributed by atoms with Crippen LogP contribution in [0.2, 0.25) is 0 Å². The van der Waals surface area contributed by atoms with Gasteiger partial charge >= 0.3 is 5.97 Å². The third kappa shape index (κ3) is 5.53. The minimum Gasteiger partial charge on any atom is -0.465 e. The van der Waals surface area contributed by atoms with E-state index < -0.39 is 16.8 Å². The Balaban J connectivity index is 2.65. The first-order valence-electron chi connectivity index (χ1n) is 6.49. The van der Waals surface area contributed by atoms with Crippen LogP contribution >= 0.6 is 0 Å². The van der Waals surface area contributed by atoms with Crippen molar-refractivity contribution in [3.05, 3.63) is 35.9 Å². The largest absolute Gasteiger partial charge is 0.465 e. The first kappa shape index (κ1) is 15.9. The van der Waals surface area contributed by atoms with Gasteiger partial charge in [-0.1, -0.05) is 37.3 Å². The zero-order valence-corrected chi connectivity index (χ0v) is 12.2. The van der Waals surface area contributed by atoms with Gasteiger partial charge in [0.15, 0.2) is 0 Å². The van der Waals surface area contributed by atoms with E-state index in [9.17, 15) is 9.00 Å². The minimum absolute atomic E-state index is 0.295. The highest BCUT2D eigenvalue weighted by atomic mass is 32.2. The van der Waals surface area contributed by atoms with Crippen LogP contribution in [-0.4, -0.2) is 34.8 Å². The van der Waals surface area contributed by atoms with Gasteiger partial charge in [0.05, 0.1) is 6.61 Å².